The number of hydrogen-bond acceptors (Lipinski definition) is 7. The van der Waals surface area contributed by atoms with E-state index in [2.05, 4.69) is 15.3 Å². The van der Waals surface area contributed by atoms with Gasteiger partial charge in [0.1, 0.15) is 10.7 Å². The first-order valence-electron chi connectivity index (χ1n) is 9.26. The summed E-state index contributed by atoms with van der Waals surface area (Å²) in [6.45, 7) is 3.89. The predicted molar refractivity (Wildman–Crippen MR) is 118 cm³/mol. The van der Waals surface area contributed by atoms with Crippen LogP contribution in [0.3, 0.4) is 0 Å². The third-order valence-electron chi connectivity index (χ3n) is 4.39. The van der Waals surface area contributed by atoms with Crippen molar-refractivity contribution in [3.8, 4) is 0 Å². The Labute approximate surface area is 180 Å². The fourth-order valence-electron chi connectivity index (χ4n) is 2.75. The van der Waals surface area contributed by atoms with Gasteiger partial charge in [-0.3, -0.25) is 4.79 Å². The highest BCUT2D eigenvalue weighted by molar-refractivity contribution is 7.99. The van der Waals surface area contributed by atoms with Crippen LogP contribution in [-0.4, -0.2) is 30.0 Å². The summed E-state index contributed by atoms with van der Waals surface area (Å²) < 4.78 is 25.6. The average molecular weight is 443 g/mol. The number of nitrogens with two attached hydrogens (primary N) is 1. The van der Waals surface area contributed by atoms with Crippen molar-refractivity contribution < 1.29 is 13.2 Å². The molecule has 1 aromatic heterocycles. The molecule has 0 aliphatic heterocycles. The zero-order valence-corrected chi connectivity index (χ0v) is 18.3. The molecule has 0 bridgehead atoms. The number of hydrogen-bond donors (Lipinski definition) is 2. The maximum absolute atomic E-state index is 12.8. The lowest BCUT2D eigenvalue weighted by atomic mass is 10.1. The van der Waals surface area contributed by atoms with Crippen LogP contribution in [0.15, 0.2) is 69.7 Å². The fraction of sp³-hybridized carbons (Fsp3) is 0.190. The minimum atomic E-state index is -3.82. The summed E-state index contributed by atoms with van der Waals surface area (Å²) in [6.07, 6.45) is 1.99. The SMILES string of the molecule is CCc1ccccc1NC(=O)CSc1ncc(S(=O)(=O)c2ccc(C)cc2)c(N)n1. The van der Waals surface area contributed by atoms with Gasteiger partial charge in [0.05, 0.1) is 16.8 Å². The highest BCUT2D eigenvalue weighted by Crippen LogP contribution is 2.26. The summed E-state index contributed by atoms with van der Waals surface area (Å²) in [5.74, 6) is -0.286. The first-order chi connectivity index (χ1) is 14.3. The largest absolute Gasteiger partial charge is 0.382 e. The summed E-state index contributed by atoms with van der Waals surface area (Å²) in [4.78, 5) is 20.4. The van der Waals surface area contributed by atoms with Gasteiger partial charge in [-0.25, -0.2) is 18.4 Å². The summed E-state index contributed by atoms with van der Waals surface area (Å²) in [5, 5.41) is 3.10. The molecule has 30 heavy (non-hydrogen) atoms. The Morgan fingerprint density at radius 2 is 1.83 bits per heavy atom. The van der Waals surface area contributed by atoms with E-state index in [4.69, 9.17) is 5.73 Å². The van der Waals surface area contributed by atoms with E-state index in [1.54, 1.807) is 12.1 Å². The van der Waals surface area contributed by atoms with E-state index in [0.29, 0.717) is 0 Å². The normalized spacial score (nSPS) is 11.3. The third kappa shape index (κ3) is 4.98. The number of anilines is 2. The molecule has 0 radical (unpaired) electrons. The summed E-state index contributed by atoms with van der Waals surface area (Å²) >= 11 is 1.08. The summed E-state index contributed by atoms with van der Waals surface area (Å²) in [7, 11) is -3.82. The molecule has 7 nitrogen and oxygen atoms in total. The molecule has 9 heteroatoms. The van der Waals surface area contributed by atoms with Crippen LogP contribution in [0.2, 0.25) is 0 Å². The quantitative estimate of drug-likeness (QED) is 0.425. The zero-order chi connectivity index (χ0) is 21.7. The molecule has 2 aromatic carbocycles. The fourth-order valence-corrected chi connectivity index (χ4v) is 4.64. The van der Waals surface area contributed by atoms with Crippen molar-refractivity contribution >= 4 is 39.0 Å². The minimum absolute atomic E-state index is 0.0710. The number of rotatable bonds is 7. The van der Waals surface area contributed by atoms with Crippen molar-refractivity contribution in [2.75, 3.05) is 16.8 Å². The number of amides is 1. The molecule has 0 spiro atoms. The van der Waals surface area contributed by atoms with Crippen molar-refractivity contribution in [2.24, 2.45) is 0 Å². The Balaban J connectivity index is 1.69. The lowest BCUT2D eigenvalue weighted by molar-refractivity contribution is -0.113. The van der Waals surface area contributed by atoms with E-state index in [1.807, 2.05) is 38.1 Å². The Kier molecular flexibility index (Phi) is 6.73. The lowest BCUT2D eigenvalue weighted by Gasteiger charge is -2.10. The van der Waals surface area contributed by atoms with Crippen LogP contribution in [0, 0.1) is 6.92 Å². The molecule has 0 saturated heterocycles. The van der Waals surface area contributed by atoms with Crippen molar-refractivity contribution in [3.63, 3.8) is 0 Å². The van der Waals surface area contributed by atoms with Crippen LogP contribution in [0.5, 0.6) is 0 Å². The number of aryl methyl sites for hydroxylation is 2. The molecular formula is C21H22N4O3S2. The number of nitrogen functional groups attached to an aromatic ring is 1. The molecule has 0 atom stereocenters. The second-order valence-corrected chi connectivity index (χ2v) is 9.43. The molecule has 0 unspecified atom stereocenters. The van der Waals surface area contributed by atoms with Gasteiger partial charge in [0.25, 0.3) is 0 Å². The van der Waals surface area contributed by atoms with Crippen molar-refractivity contribution in [3.05, 3.63) is 65.9 Å². The zero-order valence-electron chi connectivity index (χ0n) is 16.6. The van der Waals surface area contributed by atoms with Crippen LogP contribution >= 0.6 is 11.8 Å². The minimum Gasteiger partial charge on any atom is -0.382 e. The number of nitrogens with one attached hydrogen (secondary N) is 1. The Hall–Kier alpha value is -2.91. The van der Waals surface area contributed by atoms with Gasteiger partial charge in [0.15, 0.2) is 5.16 Å². The van der Waals surface area contributed by atoms with Crippen LogP contribution in [0.4, 0.5) is 11.5 Å². The van der Waals surface area contributed by atoms with E-state index in [1.165, 1.54) is 18.3 Å². The first-order valence-corrected chi connectivity index (χ1v) is 11.7. The molecule has 1 amide bonds. The molecule has 0 aliphatic carbocycles. The van der Waals surface area contributed by atoms with Gasteiger partial charge in [-0.05, 0) is 37.1 Å². The predicted octanol–water partition coefficient (Wildman–Crippen LogP) is 3.49. The van der Waals surface area contributed by atoms with Gasteiger partial charge >= 0.3 is 0 Å². The number of sulfone groups is 1. The Bertz CT molecular complexity index is 1160. The molecule has 0 aliphatic rings. The van der Waals surface area contributed by atoms with Crippen LogP contribution in [-0.2, 0) is 21.1 Å². The van der Waals surface area contributed by atoms with Gasteiger partial charge in [0, 0.05) is 5.69 Å². The van der Waals surface area contributed by atoms with Crippen LogP contribution < -0.4 is 11.1 Å². The smallest absolute Gasteiger partial charge is 0.234 e. The van der Waals surface area contributed by atoms with Gasteiger partial charge in [-0.1, -0.05) is 54.6 Å². The van der Waals surface area contributed by atoms with Crippen molar-refractivity contribution in [2.45, 2.75) is 35.2 Å². The highest BCUT2D eigenvalue weighted by atomic mass is 32.2. The number of carbonyl (C=O) groups excluding carboxylic acids is 1. The number of nitrogens with zero attached hydrogens (tertiary/aromatic N) is 2. The van der Waals surface area contributed by atoms with E-state index >= 15 is 0 Å². The van der Waals surface area contributed by atoms with Gasteiger partial charge in [-0.15, -0.1) is 0 Å². The number of aromatic nitrogens is 2. The molecule has 1 heterocycles. The summed E-state index contributed by atoms with van der Waals surface area (Å²) in [6, 6.07) is 14.1. The maximum atomic E-state index is 12.8. The number of thioether (sulfide) groups is 1. The van der Waals surface area contributed by atoms with Crippen LogP contribution in [0.1, 0.15) is 18.1 Å². The van der Waals surface area contributed by atoms with Crippen molar-refractivity contribution in [1.29, 1.82) is 0 Å². The highest BCUT2D eigenvalue weighted by Gasteiger charge is 2.22. The van der Waals surface area contributed by atoms with E-state index < -0.39 is 9.84 Å². The molecule has 3 rings (SSSR count). The molecular weight excluding hydrogens is 420 g/mol. The molecule has 156 valence electrons. The molecule has 0 saturated carbocycles. The second-order valence-electron chi connectivity index (χ2n) is 6.57. The Morgan fingerprint density at radius 1 is 1.13 bits per heavy atom. The second kappa shape index (κ2) is 9.27. The molecule has 3 N–H and O–H groups in total. The monoisotopic (exact) mass is 442 g/mol. The van der Waals surface area contributed by atoms with Crippen molar-refractivity contribution in [1.82, 2.24) is 9.97 Å². The maximum Gasteiger partial charge on any atom is 0.234 e. The topological polar surface area (TPSA) is 115 Å². The average Bonchev–Trinajstić information content (AvgIpc) is 2.73. The first kappa shape index (κ1) is 21.8. The van der Waals surface area contributed by atoms with E-state index in [-0.39, 0.29) is 32.4 Å². The number of carbonyl (C=O) groups is 1. The number of para-hydroxylation sites is 1. The third-order valence-corrected chi connectivity index (χ3v) is 7.03. The summed E-state index contributed by atoms with van der Waals surface area (Å²) in [5.41, 5.74) is 8.66. The van der Waals surface area contributed by atoms with Gasteiger partial charge in [0.2, 0.25) is 15.7 Å². The van der Waals surface area contributed by atoms with Gasteiger partial charge < -0.3 is 11.1 Å². The van der Waals surface area contributed by atoms with Gasteiger partial charge in [-0.2, -0.15) is 0 Å². The van der Waals surface area contributed by atoms with E-state index in [9.17, 15) is 13.2 Å². The number of benzene rings is 2. The molecule has 3 aromatic rings. The lowest BCUT2D eigenvalue weighted by Crippen LogP contribution is -2.15. The van der Waals surface area contributed by atoms with E-state index in [0.717, 1.165) is 35.0 Å². The standard InChI is InChI=1S/C21H22N4O3S2/c1-3-15-6-4-5-7-17(15)24-19(26)13-29-21-23-12-18(20(22)25-21)30(27,28)16-10-8-14(2)9-11-16/h4-12H,3,13H2,1-2H3,(H,24,26)(H2,22,23,25). The molecule has 0 fully saturated rings. The Morgan fingerprint density at radius 3 is 2.50 bits per heavy atom. The van der Waals surface area contributed by atoms with Crippen LogP contribution in [0.25, 0.3) is 0 Å².